The van der Waals surface area contributed by atoms with Gasteiger partial charge in [-0.2, -0.15) is 0 Å². The minimum Gasteiger partial charge on any atom is -0.381 e. The fourth-order valence-corrected chi connectivity index (χ4v) is 8.29. The molecule has 2 N–H and O–H groups in total. The number of rotatable bonds is 17. The minimum atomic E-state index is -1.79. The molecular formula is C52H51ClO6. The molecule has 0 aliphatic heterocycles. The average molecular weight is 807 g/mol. The van der Waals surface area contributed by atoms with Crippen LogP contribution in [0.3, 0.4) is 0 Å². The predicted octanol–water partition coefficient (Wildman–Crippen LogP) is 10.6. The van der Waals surface area contributed by atoms with Gasteiger partial charge in [0.25, 0.3) is 0 Å². The van der Waals surface area contributed by atoms with E-state index in [9.17, 15) is 10.2 Å². The van der Waals surface area contributed by atoms with Crippen molar-refractivity contribution in [3.05, 3.63) is 225 Å². The standard InChI is InChI=1S/C52H51ClO6/c1-51(54,44-26-24-42(25-27-44)41-22-23-41)46-30-45(28-29-47(46)53)52(55)31-43(36-56-32-37-14-6-2-7-15-37)48(57-33-38-16-8-3-9-17-38)49(58-34-39-18-10-4-11-19-39)50(52)59-35-40-20-12-5-13-21-40/h2-21,24-31,41,48-50,54-55H,22-23,32-36H2,1H3. The molecule has 8 rings (SSSR count). The van der Waals surface area contributed by atoms with Gasteiger partial charge >= 0.3 is 0 Å². The van der Waals surface area contributed by atoms with Crippen LogP contribution in [0.15, 0.2) is 175 Å². The molecular weight excluding hydrogens is 756 g/mol. The zero-order chi connectivity index (χ0) is 40.7. The zero-order valence-corrected chi connectivity index (χ0v) is 34.1. The lowest BCUT2D eigenvalue weighted by Crippen LogP contribution is -2.57. The van der Waals surface area contributed by atoms with Crippen molar-refractivity contribution in [1.29, 1.82) is 0 Å². The maximum absolute atomic E-state index is 13.5. The third-order valence-corrected chi connectivity index (χ3v) is 11.8. The van der Waals surface area contributed by atoms with Gasteiger partial charge in [-0.15, -0.1) is 0 Å². The highest BCUT2D eigenvalue weighted by Crippen LogP contribution is 2.45. The summed E-state index contributed by atoms with van der Waals surface area (Å²) in [5.41, 5.74) is 4.29. The summed E-state index contributed by atoms with van der Waals surface area (Å²) in [7, 11) is 0. The van der Waals surface area contributed by atoms with E-state index in [0.29, 0.717) is 46.4 Å². The second-order valence-electron chi connectivity index (χ2n) is 15.9. The van der Waals surface area contributed by atoms with E-state index in [1.165, 1.54) is 18.4 Å². The van der Waals surface area contributed by atoms with Crippen molar-refractivity contribution in [2.24, 2.45) is 0 Å². The van der Waals surface area contributed by atoms with Gasteiger partial charge in [0.05, 0.1) is 33.0 Å². The Morgan fingerprint density at radius 3 is 1.66 bits per heavy atom. The Bertz CT molecular complexity index is 2280. The van der Waals surface area contributed by atoms with Crippen LogP contribution < -0.4 is 0 Å². The molecule has 0 aromatic heterocycles. The topological polar surface area (TPSA) is 77.4 Å². The van der Waals surface area contributed by atoms with E-state index in [2.05, 4.69) is 12.1 Å². The van der Waals surface area contributed by atoms with Crippen LogP contribution in [0.25, 0.3) is 0 Å². The SMILES string of the molecule is CC(O)(c1ccc(C2CC2)cc1)c1cc(C2(O)C=C(COCc3ccccc3)C(OCc3ccccc3)C(OCc3ccccc3)C2OCc2ccccc2)ccc1Cl. The van der Waals surface area contributed by atoms with E-state index in [-0.39, 0.29) is 19.8 Å². The van der Waals surface area contributed by atoms with E-state index in [0.717, 1.165) is 22.3 Å². The molecule has 0 amide bonds. The van der Waals surface area contributed by atoms with Crippen LogP contribution in [0.5, 0.6) is 0 Å². The number of halogens is 1. The molecule has 5 atom stereocenters. The Morgan fingerprint density at radius 2 is 1.12 bits per heavy atom. The maximum Gasteiger partial charge on any atom is 0.137 e. The van der Waals surface area contributed by atoms with E-state index >= 15 is 0 Å². The first kappa shape index (κ1) is 40.9. The molecule has 0 radical (unpaired) electrons. The third kappa shape index (κ3) is 9.78. The summed E-state index contributed by atoms with van der Waals surface area (Å²) in [5, 5.41) is 26.1. The number of benzene rings is 6. The molecule has 302 valence electrons. The molecule has 6 aromatic rings. The van der Waals surface area contributed by atoms with Crippen molar-refractivity contribution >= 4 is 11.6 Å². The van der Waals surface area contributed by atoms with Gasteiger partial charge in [0.1, 0.15) is 29.5 Å². The molecule has 2 aliphatic carbocycles. The lowest BCUT2D eigenvalue weighted by atomic mass is 9.74. The van der Waals surface area contributed by atoms with Gasteiger partial charge in [0.15, 0.2) is 0 Å². The Balaban J connectivity index is 1.23. The third-order valence-electron chi connectivity index (χ3n) is 11.5. The first-order valence-electron chi connectivity index (χ1n) is 20.4. The average Bonchev–Trinajstić information content (AvgIpc) is 4.13. The quantitative estimate of drug-likeness (QED) is 0.0894. The molecule has 7 heteroatoms. The molecule has 6 aromatic carbocycles. The first-order valence-corrected chi connectivity index (χ1v) is 20.8. The summed E-state index contributed by atoms with van der Waals surface area (Å²) in [6, 6.07) is 53.3. The Labute approximate surface area is 352 Å². The summed E-state index contributed by atoms with van der Waals surface area (Å²) in [5.74, 6) is 0.587. The minimum absolute atomic E-state index is 0.152. The largest absolute Gasteiger partial charge is 0.381 e. The lowest BCUT2D eigenvalue weighted by molar-refractivity contribution is -0.204. The number of ether oxygens (including phenoxy) is 4. The maximum atomic E-state index is 13.5. The van der Waals surface area contributed by atoms with Crippen LogP contribution in [0.1, 0.15) is 70.2 Å². The van der Waals surface area contributed by atoms with Gasteiger partial charge in [-0.25, -0.2) is 0 Å². The molecule has 1 fully saturated rings. The van der Waals surface area contributed by atoms with Crippen molar-refractivity contribution in [2.75, 3.05) is 6.61 Å². The van der Waals surface area contributed by atoms with Crippen LogP contribution in [-0.4, -0.2) is 35.1 Å². The van der Waals surface area contributed by atoms with E-state index in [1.54, 1.807) is 25.1 Å². The van der Waals surface area contributed by atoms with Crippen molar-refractivity contribution in [1.82, 2.24) is 0 Å². The number of aliphatic hydroxyl groups is 2. The highest BCUT2D eigenvalue weighted by molar-refractivity contribution is 6.31. The molecule has 0 saturated heterocycles. The Kier molecular flexibility index (Phi) is 12.9. The van der Waals surface area contributed by atoms with E-state index in [4.69, 9.17) is 30.5 Å². The Morgan fingerprint density at radius 1 is 0.610 bits per heavy atom. The Hall–Kier alpha value is -4.89. The summed E-state index contributed by atoms with van der Waals surface area (Å²) in [6.45, 7) is 3.00. The van der Waals surface area contributed by atoms with Crippen LogP contribution in [-0.2, 0) is 56.6 Å². The smallest absolute Gasteiger partial charge is 0.137 e. The first-order chi connectivity index (χ1) is 28.8. The van der Waals surface area contributed by atoms with Crippen molar-refractivity contribution in [2.45, 2.75) is 81.6 Å². The molecule has 5 unspecified atom stereocenters. The fourth-order valence-electron chi connectivity index (χ4n) is 7.98. The molecule has 1 saturated carbocycles. The van der Waals surface area contributed by atoms with Gasteiger partial charge < -0.3 is 29.2 Å². The molecule has 0 bridgehead atoms. The van der Waals surface area contributed by atoms with Crippen molar-refractivity contribution < 1.29 is 29.2 Å². The van der Waals surface area contributed by atoms with Gasteiger partial charge in [-0.3, -0.25) is 0 Å². The van der Waals surface area contributed by atoms with Crippen LogP contribution in [0.2, 0.25) is 5.02 Å². The second-order valence-corrected chi connectivity index (χ2v) is 16.3. The lowest BCUT2D eigenvalue weighted by Gasteiger charge is -2.46. The zero-order valence-electron chi connectivity index (χ0n) is 33.3. The van der Waals surface area contributed by atoms with Crippen LogP contribution in [0, 0.1) is 0 Å². The normalized spacial score (nSPS) is 21.4. The fraction of sp³-hybridized carbons (Fsp3) is 0.269. The van der Waals surface area contributed by atoms with Gasteiger partial charge in [0.2, 0.25) is 0 Å². The monoisotopic (exact) mass is 806 g/mol. The highest BCUT2D eigenvalue weighted by Gasteiger charge is 2.52. The van der Waals surface area contributed by atoms with Gasteiger partial charge in [-0.1, -0.05) is 163 Å². The van der Waals surface area contributed by atoms with E-state index in [1.807, 2.05) is 140 Å². The summed E-state index contributed by atoms with van der Waals surface area (Å²) >= 11 is 6.96. The molecule has 59 heavy (non-hydrogen) atoms. The van der Waals surface area contributed by atoms with Crippen LogP contribution in [0.4, 0.5) is 0 Å². The summed E-state index contributed by atoms with van der Waals surface area (Å²) in [6.07, 6.45) is 1.73. The van der Waals surface area contributed by atoms with Gasteiger partial charge in [-0.05, 0) is 88.4 Å². The van der Waals surface area contributed by atoms with Crippen molar-refractivity contribution in [3.8, 4) is 0 Å². The number of hydrogen-bond donors (Lipinski definition) is 2. The van der Waals surface area contributed by atoms with E-state index < -0.39 is 29.5 Å². The number of hydrogen-bond acceptors (Lipinski definition) is 6. The molecule has 0 heterocycles. The highest BCUT2D eigenvalue weighted by atomic mass is 35.5. The van der Waals surface area contributed by atoms with Crippen molar-refractivity contribution in [3.63, 3.8) is 0 Å². The summed E-state index contributed by atoms with van der Waals surface area (Å²) in [4.78, 5) is 0. The molecule has 6 nitrogen and oxygen atoms in total. The molecule has 0 spiro atoms. The summed E-state index contributed by atoms with van der Waals surface area (Å²) < 4.78 is 27.1. The van der Waals surface area contributed by atoms with Gasteiger partial charge in [0, 0.05) is 10.6 Å². The predicted molar refractivity (Wildman–Crippen MR) is 232 cm³/mol. The molecule has 2 aliphatic rings. The van der Waals surface area contributed by atoms with Crippen LogP contribution >= 0.6 is 11.6 Å². The second kappa shape index (κ2) is 18.6.